The molecule has 0 aliphatic rings. The fraction of sp³-hybridized carbons (Fsp3) is 0. The fourth-order valence-electron chi connectivity index (χ4n) is 6.13. The van der Waals surface area contributed by atoms with Gasteiger partial charge in [0.05, 0.1) is 0 Å². The first-order valence-electron chi connectivity index (χ1n) is 14.3. The lowest BCUT2D eigenvalue weighted by Crippen LogP contribution is -2.10. The van der Waals surface area contributed by atoms with Gasteiger partial charge in [0.2, 0.25) is 0 Å². The third-order valence-electron chi connectivity index (χ3n) is 8.02. The van der Waals surface area contributed by atoms with Crippen molar-refractivity contribution in [3.8, 4) is 22.3 Å². The van der Waals surface area contributed by atoms with Crippen LogP contribution in [0, 0.1) is 0 Å². The maximum Gasteiger partial charge on any atom is 0.136 e. The molecule has 0 atom stereocenters. The Morgan fingerprint density at radius 3 is 1.81 bits per heavy atom. The molecule has 0 aliphatic carbocycles. The highest BCUT2D eigenvalue weighted by Gasteiger charge is 2.17. The van der Waals surface area contributed by atoms with Crippen LogP contribution in [0.2, 0.25) is 0 Å². The van der Waals surface area contributed by atoms with Gasteiger partial charge >= 0.3 is 0 Å². The van der Waals surface area contributed by atoms with Crippen LogP contribution in [0.5, 0.6) is 0 Å². The topological polar surface area (TPSA) is 16.4 Å². The predicted molar refractivity (Wildman–Crippen MR) is 177 cm³/mol. The standard InChI is InChI=1S/C40H27NO/c1-3-12-28(13-4-1)30-15-9-19-33(26-30)41(32-17-5-2-6-18-32)34-20-10-16-31(27-34)35-22-11-14-29-24-25-38-40(39(29)35)36-21-7-8-23-37(36)42-38/h1-27H. The van der Waals surface area contributed by atoms with Gasteiger partial charge in [-0.2, -0.15) is 0 Å². The van der Waals surface area contributed by atoms with E-state index in [0.717, 1.165) is 39.2 Å². The molecule has 0 saturated heterocycles. The molecular formula is C40H27NO. The Morgan fingerprint density at radius 2 is 1.00 bits per heavy atom. The van der Waals surface area contributed by atoms with E-state index in [1.54, 1.807) is 0 Å². The molecule has 0 saturated carbocycles. The maximum absolute atomic E-state index is 6.27. The zero-order chi connectivity index (χ0) is 27.9. The van der Waals surface area contributed by atoms with Crippen LogP contribution in [-0.2, 0) is 0 Å². The number of nitrogens with zero attached hydrogens (tertiary/aromatic N) is 1. The molecule has 0 radical (unpaired) electrons. The molecule has 0 bridgehead atoms. The molecule has 8 rings (SSSR count). The van der Waals surface area contributed by atoms with Crippen LogP contribution in [0.1, 0.15) is 0 Å². The largest absolute Gasteiger partial charge is 0.456 e. The van der Waals surface area contributed by atoms with Crippen molar-refractivity contribution in [3.63, 3.8) is 0 Å². The Labute approximate surface area is 244 Å². The summed E-state index contributed by atoms with van der Waals surface area (Å²) in [5.41, 5.74) is 9.90. The minimum atomic E-state index is 0.913. The molecule has 42 heavy (non-hydrogen) atoms. The van der Waals surface area contributed by atoms with Crippen molar-refractivity contribution in [1.82, 2.24) is 0 Å². The number of hydrogen-bond acceptors (Lipinski definition) is 2. The smallest absolute Gasteiger partial charge is 0.136 e. The highest BCUT2D eigenvalue weighted by molar-refractivity contribution is 6.22. The number of anilines is 3. The SMILES string of the molecule is c1ccc(-c2cccc(N(c3ccccc3)c3cccc(-c4cccc5ccc6oc7ccccc7c6c45)c3)c2)cc1. The van der Waals surface area contributed by atoms with Gasteiger partial charge in [0.1, 0.15) is 11.2 Å². The number of hydrogen-bond donors (Lipinski definition) is 0. The van der Waals surface area contributed by atoms with E-state index in [4.69, 9.17) is 4.42 Å². The summed E-state index contributed by atoms with van der Waals surface area (Å²) in [6, 6.07) is 57.9. The van der Waals surface area contributed by atoms with E-state index in [0.29, 0.717) is 0 Å². The first-order chi connectivity index (χ1) is 20.8. The molecule has 2 heteroatoms. The van der Waals surface area contributed by atoms with Crippen LogP contribution < -0.4 is 4.90 Å². The summed E-state index contributed by atoms with van der Waals surface area (Å²) in [5, 5.41) is 4.73. The number of furan rings is 1. The van der Waals surface area contributed by atoms with Gasteiger partial charge in [-0.15, -0.1) is 0 Å². The van der Waals surface area contributed by atoms with Crippen molar-refractivity contribution >= 4 is 49.8 Å². The van der Waals surface area contributed by atoms with E-state index in [1.807, 2.05) is 12.1 Å². The van der Waals surface area contributed by atoms with E-state index < -0.39 is 0 Å². The van der Waals surface area contributed by atoms with Gasteiger partial charge in [-0.1, -0.05) is 115 Å². The van der Waals surface area contributed by atoms with Gasteiger partial charge in [-0.05, 0) is 76.2 Å². The summed E-state index contributed by atoms with van der Waals surface area (Å²) in [7, 11) is 0. The zero-order valence-electron chi connectivity index (χ0n) is 22.9. The van der Waals surface area contributed by atoms with Gasteiger partial charge in [0, 0.05) is 33.2 Å². The lowest BCUT2D eigenvalue weighted by molar-refractivity contribution is 0.669. The Bertz CT molecular complexity index is 2200. The third kappa shape index (κ3) is 4.13. The summed E-state index contributed by atoms with van der Waals surface area (Å²) in [5.74, 6) is 0. The average molecular weight is 538 g/mol. The Hall–Kier alpha value is -5.60. The molecular weight excluding hydrogens is 510 g/mol. The molecule has 198 valence electrons. The third-order valence-corrected chi connectivity index (χ3v) is 8.02. The molecule has 8 aromatic rings. The Morgan fingerprint density at radius 1 is 0.381 bits per heavy atom. The van der Waals surface area contributed by atoms with Crippen molar-refractivity contribution in [2.45, 2.75) is 0 Å². The van der Waals surface area contributed by atoms with Crippen molar-refractivity contribution in [2.75, 3.05) is 4.90 Å². The molecule has 0 aliphatic heterocycles. The van der Waals surface area contributed by atoms with Crippen LogP contribution in [0.15, 0.2) is 168 Å². The summed E-state index contributed by atoms with van der Waals surface area (Å²) in [6.07, 6.45) is 0. The van der Waals surface area contributed by atoms with Gasteiger partial charge < -0.3 is 9.32 Å². The zero-order valence-corrected chi connectivity index (χ0v) is 22.9. The highest BCUT2D eigenvalue weighted by Crippen LogP contribution is 2.42. The molecule has 0 N–H and O–H groups in total. The van der Waals surface area contributed by atoms with E-state index in [-0.39, 0.29) is 0 Å². The van der Waals surface area contributed by atoms with E-state index in [1.165, 1.54) is 32.8 Å². The second kappa shape index (κ2) is 10.1. The Balaban J connectivity index is 1.33. The molecule has 7 aromatic carbocycles. The molecule has 0 amide bonds. The molecule has 1 aromatic heterocycles. The van der Waals surface area contributed by atoms with Crippen molar-refractivity contribution in [1.29, 1.82) is 0 Å². The quantitative estimate of drug-likeness (QED) is 0.217. The minimum absolute atomic E-state index is 0.913. The van der Waals surface area contributed by atoms with Gasteiger partial charge in [-0.25, -0.2) is 0 Å². The first kappa shape index (κ1) is 24.2. The normalized spacial score (nSPS) is 11.3. The highest BCUT2D eigenvalue weighted by atomic mass is 16.3. The van der Waals surface area contributed by atoms with Crippen LogP contribution in [0.25, 0.3) is 55.0 Å². The van der Waals surface area contributed by atoms with Crippen LogP contribution in [0.4, 0.5) is 17.1 Å². The van der Waals surface area contributed by atoms with E-state index in [2.05, 4.69) is 157 Å². The van der Waals surface area contributed by atoms with Crippen molar-refractivity contribution in [2.24, 2.45) is 0 Å². The lowest BCUT2D eigenvalue weighted by atomic mass is 9.94. The number of para-hydroxylation sites is 2. The summed E-state index contributed by atoms with van der Waals surface area (Å²) < 4.78 is 6.27. The van der Waals surface area contributed by atoms with Gasteiger partial charge in [0.15, 0.2) is 0 Å². The number of fused-ring (bicyclic) bond motifs is 5. The van der Waals surface area contributed by atoms with Crippen LogP contribution in [-0.4, -0.2) is 0 Å². The van der Waals surface area contributed by atoms with Crippen molar-refractivity contribution in [3.05, 3.63) is 164 Å². The van der Waals surface area contributed by atoms with Crippen LogP contribution >= 0.6 is 0 Å². The molecule has 0 spiro atoms. The van der Waals surface area contributed by atoms with E-state index >= 15 is 0 Å². The Kier molecular flexibility index (Phi) is 5.82. The molecule has 0 unspecified atom stereocenters. The van der Waals surface area contributed by atoms with Gasteiger partial charge in [-0.3, -0.25) is 0 Å². The molecule has 1 heterocycles. The molecule has 2 nitrogen and oxygen atoms in total. The monoisotopic (exact) mass is 537 g/mol. The maximum atomic E-state index is 6.27. The predicted octanol–water partition coefficient (Wildman–Crippen LogP) is 11.5. The summed E-state index contributed by atoms with van der Waals surface area (Å²) >= 11 is 0. The number of benzene rings is 7. The first-order valence-corrected chi connectivity index (χ1v) is 14.3. The second-order valence-corrected chi connectivity index (χ2v) is 10.6. The fourth-order valence-corrected chi connectivity index (χ4v) is 6.13. The average Bonchev–Trinajstić information content (AvgIpc) is 3.45. The minimum Gasteiger partial charge on any atom is -0.456 e. The summed E-state index contributed by atoms with van der Waals surface area (Å²) in [6.45, 7) is 0. The second-order valence-electron chi connectivity index (χ2n) is 10.6. The number of rotatable bonds is 5. The summed E-state index contributed by atoms with van der Waals surface area (Å²) in [4.78, 5) is 2.34. The van der Waals surface area contributed by atoms with Gasteiger partial charge in [0.25, 0.3) is 0 Å². The molecule has 0 fully saturated rings. The van der Waals surface area contributed by atoms with Crippen LogP contribution in [0.3, 0.4) is 0 Å². The lowest BCUT2D eigenvalue weighted by Gasteiger charge is -2.26. The van der Waals surface area contributed by atoms with Crippen molar-refractivity contribution < 1.29 is 4.42 Å². The van der Waals surface area contributed by atoms with E-state index in [9.17, 15) is 0 Å².